The minimum Gasteiger partial charge on any atom is -0.481 e. The number of nitrogens with one attached hydrogen (secondary N) is 1. The minimum atomic E-state index is -1.76. The molecule has 0 radical (unpaired) electrons. The lowest BCUT2D eigenvalue weighted by Gasteiger charge is -2.43. The molecule has 1 aromatic heterocycles. The number of hydrogen-bond donors (Lipinski definition) is 4. The van der Waals surface area contributed by atoms with Crippen LogP contribution < -0.4 is 11.1 Å². The Labute approximate surface area is 173 Å². The summed E-state index contributed by atoms with van der Waals surface area (Å²) in [5.74, 6) is -5.33. The van der Waals surface area contributed by atoms with Gasteiger partial charge in [0.1, 0.15) is 18.2 Å². The topological polar surface area (TPSA) is 202 Å². The van der Waals surface area contributed by atoms with E-state index in [1.54, 1.807) is 0 Å². The van der Waals surface area contributed by atoms with Gasteiger partial charge in [0.15, 0.2) is 10.8 Å². The van der Waals surface area contributed by atoms with Crippen molar-refractivity contribution in [3.05, 3.63) is 11.1 Å². The van der Waals surface area contributed by atoms with Gasteiger partial charge in [-0.25, -0.2) is 9.78 Å². The number of aromatic nitrogens is 1. The first-order chi connectivity index (χ1) is 13.8. The lowest BCUT2D eigenvalue weighted by Crippen LogP contribution is -2.71. The first-order valence-corrected chi connectivity index (χ1v) is 9.32. The van der Waals surface area contributed by atoms with Gasteiger partial charge in [0.05, 0.1) is 6.04 Å². The highest BCUT2D eigenvalue weighted by Crippen LogP contribution is 2.22. The number of imide groups is 1. The molecule has 0 aliphatic carbocycles. The zero-order valence-electron chi connectivity index (χ0n) is 16.1. The zero-order valence-corrected chi connectivity index (χ0v) is 16.9. The van der Waals surface area contributed by atoms with E-state index in [2.05, 4.69) is 15.5 Å². The van der Waals surface area contributed by atoms with Crippen LogP contribution in [0.2, 0.25) is 0 Å². The van der Waals surface area contributed by atoms with E-state index in [0.717, 1.165) is 16.2 Å². The van der Waals surface area contributed by atoms with Gasteiger partial charge in [0, 0.05) is 5.38 Å². The number of carbonyl (C=O) groups is 5. The summed E-state index contributed by atoms with van der Waals surface area (Å²) < 4.78 is 0. The number of rotatable bonds is 8. The zero-order chi connectivity index (χ0) is 22.8. The van der Waals surface area contributed by atoms with E-state index < -0.39 is 59.5 Å². The standard InChI is InChI=1S/C16H19N5O8S/c1-6-10(13(26)21(6)8(22)4-9(23)24)19-12(25)11(7-5-30-15(17)18-7)20-29-16(2,3)14(27)28/h5-6,10H,4H2,1-3H3,(H2,17,18)(H,19,25)(H,23,24)(H,27,28)/b20-11-/t6-,10-/m0/s1. The fourth-order valence-electron chi connectivity index (χ4n) is 2.38. The van der Waals surface area contributed by atoms with Crippen molar-refractivity contribution in [2.45, 2.75) is 44.9 Å². The number of oxime groups is 1. The van der Waals surface area contributed by atoms with Crippen molar-refractivity contribution in [2.24, 2.45) is 5.16 Å². The Morgan fingerprint density at radius 3 is 2.47 bits per heavy atom. The van der Waals surface area contributed by atoms with Gasteiger partial charge in [-0.2, -0.15) is 0 Å². The molecule has 0 bridgehead atoms. The molecule has 1 saturated heterocycles. The van der Waals surface area contributed by atoms with Gasteiger partial charge < -0.3 is 26.1 Å². The Hall–Kier alpha value is -3.55. The number of nitrogens with zero attached hydrogens (tertiary/aromatic N) is 3. The minimum absolute atomic E-state index is 0.00516. The molecular formula is C16H19N5O8S. The Kier molecular flexibility index (Phi) is 6.40. The second kappa shape index (κ2) is 8.44. The maximum absolute atomic E-state index is 12.7. The molecule has 1 fully saturated rings. The molecule has 5 N–H and O–H groups in total. The molecule has 30 heavy (non-hydrogen) atoms. The predicted octanol–water partition coefficient (Wildman–Crippen LogP) is -0.974. The first kappa shape index (κ1) is 22.7. The quantitative estimate of drug-likeness (QED) is 0.168. The summed E-state index contributed by atoms with van der Waals surface area (Å²) in [5.41, 5.74) is 3.37. The maximum atomic E-state index is 12.7. The third kappa shape index (κ3) is 4.71. The molecule has 2 heterocycles. The lowest BCUT2D eigenvalue weighted by molar-refractivity contribution is -0.163. The predicted molar refractivity (Wildman–Crippen MR) is 101 cm³/mol. The summed E-state index contributed by atoms with van der Waals surface area (Å²) >= 11 is 0.998. The molecule has 0 aromatic carbocycles. The molecule has 162 valence electrons. The number of thiazole rings is 1. The molecule has 0 unspecified atom stereocenters. The van der Waals surface area contributed by atoms with Crippen LogP contribution in [-0.2, 0) is 28.8 Å². The van der Waals surface area contributed by atoms with Crippen LogP contribution in [0.25, 0.3) is 0 Å². The molecule has 13 nitrogen and oxygen atoms in total. The van der Waals surface area contributed by atoms with Crippen molar-refractivity contribution in [2.75, 3.05) is 5.73 Å². The van der Waals surface area contributed by atoms with Crippen LogP contribution in [0.1, 0.15) is 32.9 Å². The van der Waals surface area contributed by atoms with E-state index in [1.807, 2.05) is 0 Å². The third-order valence-corrected chi connectivity index (χ3v) is 4.78. The lowest BCUT2D eigenvalue weighted by atomic mass is 9.95. The second-order valence-corrected chi connectivity index (χ2v) is 7.67. The van der Waals surface area contributed by atoms with Gasteiger partial charge in [-0.05, 0) is 20.8 Å². The highest BCUT2D eigenvalue weighted by molar-refractivity contribution is 7.13. The molecule has 3 amide bonds. The monoisotopic (exact) mass is 441 g/mol. The smallest absolute Gasteiger partial charge is 0.350 e. The van der Waals surface area contributed by atoms with Crippen molar-refractivity contribution >= 4 is 51.8 Å². The number of amides is 3. The van der Waals surface area contributed by atoms with Gasteiger partial charge >= 0.3 is 11.9 Å². The summed E-state index contributed by atoms with van der Waals surface area (Å²) in [7, 11) is 0. The van der Waals surface area contributed by atoms with E-state index in [4.69, 9.17) is 20.8 Å². The van der Waals surface area contributed by atoms with Crippen LogP contribution in [0.15, 0.2) is 10.5 Å². The van der Waals surface area contributed by atoms with Gasteiger partial charge in [0.25, 0.3) is 11.8 Å². The first-order valence-electron chi connectivity index (χ1n) is 8.44. The number of carboxylic acid groups (broad SMARTS) is 2. The highest BCUT2D eigenvalue weighted by atomic mass is 32.1. The van der Waals surface area contributed by atoms with Crippen molar-refractivity contribution in [3.8, 4) is 0 Å². The van der Waals surface area contributed by atoms with Crippen molar-refractivity contribution in [1.29, 1.82) is 0 Å². The SMILES string of the molecule is C[C@H]1[C@H](NC(=O)/C(=N\OC(C)(C)C(=O)O)c2csc(N)n2)C(=O)N1C(=O)CC(=O)O. The highest BCUT2D eigenvalue weighted by Gasteiger charge is 2.49. The fraction of sp³-hybridized carbons (Fsp3) is 0.438. The molecule has 2 rings (SSSR count). The van der Waals surface area contributed by atoms with Crippen LogP contribution in [0, 0.1) is 0 Å². The number of nitrogens with two attached hydrogens (primary N) is 1. The number of carboxylic acids is 2. The summed E-state index contributed by atoms with van der Waals surface area (Å²) in [5, 5.41) is 25.3. The van der Waals surface area contributed by atoms with Gasteiger partial charge in [-0.3, -0.25) is 24.1 Å². The fourth-order valence-corrected chi connectivity index (χ4v) is 2.93. The largest absolute Gasteiger partial charge is 0.481 e. The van der Waals surface area contributed by atoms with E-state index in [9.17, 15) is 24.0 Å². The van der Waals surface area contributed by atoms with Gasteiger partial charge in [-0.15, -0.1) is 11.3 Å². The molecule has 0 saturated carbocycles. The molecule has 14 heteroatoms. The maximum Gasteiger partial charge on any atom is 0.350 e. The van der Waals surface area contributed by atoms with Gasteiger partial charge in [0.2, 0.25) is 11.5 Å². The van der Waals surface area contributed by atoms with E-state index >= 15 is 0 Å². The number of carbonyl (C=O) groups excluding carboxylic acids is 3. The molecule has 1 aliphatic rings. The Bertz CT molecular complexity index is 940. The second-order valence-electron chi connectivity index (χ2n) is 6.78. The average Bonchev–Trinajstić information content (AvgIpc) is 3.05. The Balaban J connectivity index is 2.19. The van der Waals surface area contributed by atoms with Crippen LogP contribution in [0.4, 0.5) is 5.13 Å². The van der Waals surface area contributed by atoms with Gasteiger partial charge in [-0.1, -0.05) is 5.16 Å². The summed E-state index contributed by atoms with van der Waals surface area (Å²) in [6.45, 7) is 3.88. The van der Waals surface area contributed by atoms with Crippen molar-refractivity contribution in [3.63, 3.8) is 0 Å². The molecular weight excluding hydrogens is 422 g/mol. The summed E-state index contributed by atoms with van der Waals surface area (Å²) in [4.78, 5) is 68.2. The number of likely N-dealkylation sites (tertiary alicyclic amines) is 1. The summed E-state index contributed by atoms with van der Waals surface area (Å²) in [6, 6.07) is -1.92. The van der Waals surface area contributed by atoms with E-state index in [0.29, 0.717) is 0 Å². The normalized spacial score (nSPS) is 19.1. The number of anilines is 1. The third-order valence-electron chi connectivity index (χ3n) is 4.11. The molecule has 1 aromatic rings. The van der Waals surface area contributed by atoms with Crippen LogP contribution in [-0.4, -0.2) is 73.2 Å². The molecule has 1 aliphatic heterocycles. The van der Waals surface area contributed by atoms with Crippen molar-refractivity contribution < 1.29 is 39.0 Å². The number of aliphatic carboxylic acids is 2. The molecule has 0 spiro atoms. The number of hydrogen-bond acceptors (Lipinski definition) is 10. The Morgan fingerprint density at radius 2 is 2.00 bits per heavy atom. The molecule has 2 atom stereocenters. The number of β-lactam (4-membered cyclic amide) rings is 1. The Morgan fingerprint density at radius 1 is 1.37 bits per heavy atom. The summed E-state index contributed by atoms with van der Waals surface area (Å²) in [6.07, 6.45) is -0.861. The van der Waals surface area contributed by atoms with Crippen molar-refractivity contribution in [1.82, 2.24) is 15.2 Å². The van der Waals surface area contributed by atoms with E-state index in [-0.39, 0.29) is 10.8 Å². The van der Waals surface area contributed by atoms with Crippen LogP contribution in [0.3, 0.4) is 0 Å². The average molecular weight is 441 g/mol. The van der Waals surface area contributed by atoms with Crippen LogP contribution in [0.5, 0.6) is 0 Å². The van der Waals surface area contributed by atoms with E-state index in [1.165, 1.54) is 26.2 Å². The number of nitrogen functional groups attached to an aromatic ring is 1. The van der Waals surface area contributed by atoms with Crippen LogP contribution >= 0.6 is 11.3 Å².